The van der Waals surface area contributed by atoms with Crippen LogP contribution < -0.4 is 32.3 Å². The SMILES string of the molecule is CC(C)(C)OC(=O)Nc1ccc(C(=O)N[C@H]2CCC[C@@H](Nc3ncc(C4CC4)c(-c4c[nH]c5ccccc45)n3)C2)cc1.Cl.Cl.Nc1ccc(C(=O)N[C@H]2CCC[C@@H](Nc3ncc(C4CC4)c(-c4c[nH]c5ccccc45)n3)C2)cc1.[2H]CC. The number of nitrogen functional groups attached to an aromatic ring is 1. The van der Waals surface area contributed by atoms with Crippen molar-refractivity contribution in [3.05, 3.63) is 144 Å². The van der Waals surface area contributed by atoms with E-state index in [0.717, 1.165) is 90.3 Å². The number of halogens is 2. The van der Waals surface area contributed by atoms with Gasteiger partial charge in [-0.25, -0.2) is 24.7 Å². The second-order valence-corrected chi connectivity index (χ2v) is 22.2. The summed E-state index contributed by atoms with van der Waals surface area (Å²) in [4.78, 5) is 63.9. The molecule has 8 aromatic rings. The molecule has 16 nitrogen and oxygen atoms in total. The number of H-pyrrole nitrogens is 2. The van der Waals surface area contributed by atoms with E-state index in [1.165, 1.54) is 42.2 Å². The van der Waals surface area contributed by atoms with Gasteiger partial charge in [0.2, 0.25) is 11.9 Å². The van der Waals surface area contributed by atoms with E-state index in [1.807, 2.05) is 45.3 Å². The van der Waals surface area contributed by atoms with Gasteiger partial charge in [0, 0.05) is 117 Å². The van der Waals surface area contributed by atoms with E-state index in [4.69, 9.17) is 31.8 Å². The van der Waals surface area contributed by atoms with Crippen LogP contribution >= 0.6 is 24.8 Å². The van der Waals surface area contributed by atoms with Crippen LogP contribution in [0.5, 0.6) is 0 Å². The number of rotatable bonds is 13. The topological polar surface area (TPSA) is 230 Å². The van der Waals surface area contributed by atoms with Gasteiger partial charge in [0.1, 0.15) is 5.60 Å². The van der Waals surface area contributed by atoms with Crippen molar-refractivity contribution in [1.82, 2.24) is 40.5 Å². The number of fused-ring (bicyclic) bond motifs is 2. The first-order valence-corrected chi connectivity index (χ1v) is 28.0. The van der Waals surface area contributed by atoms with Crippen molar-refractivity contribution in [3.63, 3.8) is 0 Å². The molecule has 426 valence electrons. The zero-order valence-corrected chi connectivity index (χ0v) is 48.2. The quantitative estimate of drug-likeness (QED) is 0.0506. The summed E-state index contributed by atoms with van der Waals surface area (Å²) < 4.78 is 11.5. The zero-order chi connectivity index (χ0) is 55.8. The van der Waals surface area contributed by atoms with E-state index in [-0.39, 0.29) is 60.8 Å². The number of nitrogens with zero attached hydrogens (tertiary/aromatic N) is 4. The largest absolute Gasteiger partial charge is 0.444 e. The Morgan fingerprint density at radius 1 is 0.605 bits per heavy atom. The molecule has 4 saturated carbocycles. The number of ether oxygens (including phenoxy) is 1. The highest BCUT2D eigenvalue weighted by atomic mass is 35.5. The molecule has 4 atom stereocenters. The summed E-state index contributed by atoms with van der Waals surface area (Å²) in [6.07, 6.45) is 19.9. The molecule has 4 aromatic heterocycles. The van der Waals surface area contributed by atoms with Crippen molar-refractivity contribution in [3.8, 4) is 22.5 Å². The molecule has 18 heteroatoms. The lowest BCUT2D eigenvalue weighted by Gasteiger charge is -2.30. The lowest BCUT2D eigenvalue weighted by Crippen LogP contribution is -2.42. The second-order valence-electron chi connectivity index (χ2n) is 22.2. The van der Waals surface area contributed by atoms with Crippen molar-refractivity contribution in [2.75, 3.05) is 21.7 Å². The standard InChI is InChI=1S/C33H38N6O3.C28H30N6O.C2H6.2ClH/c1-33(2,3)42-32(41)38-22-15-13-21(14-16-22)30(40)36-23-7-6-8-24(17-23)37-31-35-18-26(20-11-12-20)29(39-31)27-19-34-28-10-5-4-9-25(27)28;29-19-12-10-18(11-13-19)27(35)32-20-4-3-5-21(14-20)33-28-31-15-23(17-8-9-17)26(34-28)24-16-30-25-7-2-1-6-22(24)25;1-2;;/h4-5,9-10,13-16,18-20,23-24,34H,6-8,11-12,17H2,1-3H3,(H,36,40)(H,38,41)(H,35,37,39);1-2,6-7,10-13,15-17,20-21,30H,3-5,8-9,14,29H2,(H,32,35)(H,31,33,34);1-2H3;2*1H/t23-,24+;20-,21+;;;/m00.../s1/i;;1D;;. The monoisotopic (exact) mass is 1140 g/mol. The van der Waals surface area contributed by atoms with Gasteiger partial charge >= 0.3 is 6.09 Å². The molecule has 0 bridgehead atoms. The first-order chi connectivity index (χ1) is 38.8. The van der Waals surface area contributed by atoms with Gasteiger partial charge in [-0.1, -0.05) is 50.2 Å². The van der Waals surface area contributed by atoms with Gasteiger partial charge in [-0.05, 0) is 170 Å². The van der Waals surface area contributed by atoms with Crippen LogP contribution in [0.3, 0.4) is 0 Å². The second kappa shape index (κ2) is 26.7. The Morgan fingerprint density at radius 3 is 1.46 bits per heavy atom. The number of hydrogen-bond donors (Lipinski definition) is 8. The summed E-state index contributed by atoms with van der Waals surface area (Å²) in [5, 5.41) is 18.6. The number of aromatic nitrogens is 6. The lowest BCUT2D eigenvalue weighted by atomic mass is 9.91. The van der Waals surface area contributed by atoms with E-state index in [2.05, 4.69) is 85.3 Å². The number of aromatic amines is 2. The van der Waals surface area contributed by atoms with Crippen LogP contribution in [0.1, 0.15) is 157 Å². The zero-order valence-electron chi connectivity index (χ0n) is 47.5. The van der Waals surface area contributed by atoms with Crippen molar-refractivity contribution in [1.29, 1.82) is 0 Å². The molecule has 0 spiro atoms. The van der Waals surface area contributed by atoms with Crippen LogP contribution in [0.15, 0.2) is 122 Å². The summed E-state index contributed by atoms with van der Waals surface area (Å²) in [5.41, 5.74) is 16.5. The van der Waals surface area contributed by atoms with Crippen LogP contribution in [0.2, 0.25) is 0 Å². The maximum absolute atomic E-state index is 13.0. The highest BCUT2D eigenvalue weighted by Gasteiger charge is 2.32. The lowest BCUT2D eigenvalue weighted by molar-refractivity contribution is 0.0635. The number of anilines is 4. The van der Waals surface area contributed by atoms with E-state index in [0.29, 0.717) is 53.1 Å². The number of benzene rings is 4. The number of carbonyl (C=O) groups excluding carboxylic acids is 3. The minimum atomic E-state index is -0.581. The molecule has 81 heavy (non-hydrogen) atoms. The molecule has 0 saturated heterocycles. The first kappa shape index (κ1) is 58.0. The summed E-state index contributed by atoms with van der Waals surface area (Å²) in [7, 11) is 0. The van der Waals surface area contributed by atoms with Crippen molar-refractivity contribution >= 4 is 87.8 Å². The van der Waals surface area contributed by atoms with Gasteiger partial charge in [0.15, 0.2) is 0 Å². The Morgan fingerprint density at radius 2 is 1.02 bits per heavy atom. The highest BCUT2D eigenvalue weighted by Crippen LogP contribution is 2.46. The fraction of sp³-hybridized carbons (Fsp3) is 0.381. The fourth-order valence-electron chi connectivity index (χ4n) is 10.8. The fourth-order valence-corrected chi connectivity index (χ4v) is 10.8. The van der Waals surface area contributed by atoms with E-state index < -0.39 is 11.7 Å². The van der Waals surface area contributed by atoms with Gasteiger partial charge in [-0.2, -0.15) is 0 Å². The number of para-hydroxylation sites is 2. The average Bonchev–Trinajstić information content (AvgIpc) is 4.47. The number of hydrogen-bond acceptors (Lipinski definition) is 11. The van der Waals surface area contributed by atoms with Gasteiger partial charge in [0.05, 0.1) is 11.4 Å². The molecule has 0 unspecified atom stereocenters. The minimum Gasteiger partial charge on any atom is -0.444 e. The van der Waals surface area contributed by atoms with Gasteiger partial charge < -0.3 is 41.7 Å². The molecule has 0 aliphatic heterocycles. The van der Waals surface area contributed by atoms with Crippen molar-refractivity contribution < 1.29 is 20.5 Å². The Balaban J connectivity index is 0.000000203. The third-order valence-electron chi connectivity index (χ3n) is 15.0. The molecular weight excluding hydrogens is 1060 g/mol. The van der Waals surface area contributed by atoms with Crippen molar-refractivity contribution in [2.24, 2.45) is 0 Å². The molecule has 3 amide bonds. The summed E-state index contributed by atoms with van der Waals surface area (Å²) in [6.45, 7) is 7.72. The van der Waals surface area contributed by atoms with Crippen LogP contribution in [0.4, 0.5) is 28.1 Å². The molecular formula is C63H76Cl2N12O4. The van der Waals surface area contributed by atoms with Crippen LogP contribution in [-0.2, 0) is 4.74 Å². The smallest absolute Gasteiger partial charge is 0.412 e. The molecule has 4 heterocycles. The average molecular weight is 1140 g/mol. The number of carbonyl (C=O) groups is 3. The van der Waals surface area contributed by atoms with E-state index >= 15 is 0 Å². The Kier molecular flexibility index (Phi) is 19.1. The highest BCUT2D eigenvalue weighted by molar-refractivity contribution is 5.98. The molecule has 4 aromatic carbocycles. The molecule has 4 aliphatic carbocycles. The normalized spacial score (nSPS) is 18.6. The molecule has 12 rings (SSSR count). The Hall–Kier alpha value is -7.69. The van der Waals surface area contributed by atoms with E-state index in [9.17, 15) is 14.4 Å². The van der Waals surface area contributed by atoms with Crippen LogP contribution in [0, 0.1) is 0 Å². The molecule has 4 fully saturated rings. The first-order valence-electron chi connectivity index (χ1n) is 28.7. The Bertz CT molecular complexity index is 3430. The number of amides is 3. The van der Waals surface area contributed by atoms with Crippen LogP contribution in [-0.4, -0.2) is 77.6 Å². The predicted octanol–water partition coefficient (Wildman–Crippen LogP) is 14.1. The molecule has 0 radical (unpaired) electrons. The maximum atomic E-state index is 13.0. The van der Waals surface area contributed by atoms with E-state index in [1.54, 1.807) is 55.5 Å². The third kappa shape index (κ3) is 15.2. The minimum absolute atomic E-state index is 0. The van der Waals surface area contributed by atoms with Gasteiger partial charge in [-0.15, -0.1) is 24.8 Å². The molecule has 4 aliphatic rings. The van der Waals surface area contributed by atoms with Crippen LogP contribution in [0.25, 0.3) is 44.3 Å². The predicted molar refractivity (Wildman–Crippen MR) is 330 cm³/mol. The van der Waals surface area contributed by atoms with Gasteiger partial charge in [0.25, 0.3) is 11.8 Å². The van der Waals surface area contributed by atoms with Gasteiger partial charge in [-0.3, -0.25) is 14.9 Å². The summed E-state index contributed by atoms with van der Waals surface area (Å²) in [5.74, 6) is 2.18. The maximum Gasteiger partial charge on any atom is 0.412 e. The number of nitrogens with two attached hydrogens (primary N) is 1. The summed E-state index contributed by atoms with van der Waals surface area (Å²) >= 11 is 0. The van der Waals surface area contributed by atoms with Crippen molar-refractivity contribution in [2.45, 2.75) is 153 Å². The Labute approximate surface area is 488 Å². The number of nitrogens with one attached hydrogen (secondary N) is 7. The molecule has 9 N–H and O–H groups in total. The summed E-state index contributed by atoms with van der Waals surface area (Å²) in [6, 6.07) is 31.1. The third-order valence-corrected chi connectivity index (χ3v) is 15.0.